The number of hydrogen-bond acceptors (Lipinski definition) is 2. The number of carbonyl (C=O) groups is 1. The summed E-state index contributed by atoms with van der Waals surface area (Å²) < 4.78 is 0. The molecule has 0 spiro atoms. The average Bonchev–Trinajstić information content (AvgIpc) is 2.25. The number of amides is 1. The summed E-state index contributed by atoms with van der Waals surface area (Å²) in [6, 6.07) is 0. The van der Waals surface area contributed by atoms with Crippen molar-refractivity contribution >= 4 is 33.6 Å². The summed E-state index contributed by atoms with van der Waals surface area (Å²) in [5.41, 5.74) is 0. The Morgan fingerprint density at radius 1 is 1.60 bits per heavy atom. The molecule has 1 heterocycles. The van der Waals surface area contributed by atoms with Gasteiger partial charge in [-0.25, -0.2) is 0 Å². The highest BCUT2D eigenvalue weighted by Gasteiger charge is 2.20. The lowest BCUT2D eigenvalue weighted by Gasteiger charge is -2.20. The summed E-state index contributed by atoms with van der Waals surface area (Å²) >= 11 is 5.32. The molecule has 1 amide bonds. The number of thioether (sulfide) groups is 1. The summed E-state index contributed by atoms with van der Waals surface area (Å²) in [7, 11) is 0. The maximum atomic E-state index is 11.7. The van der Waals surface area contributed by atoms with Crippen molar-refractivity contribution < 1.29 is 4.79 Å². The Balaban J connectivity index is 2.07. The molecule has 0 aromatic carbocycles. The van der Waals surface area contributed by atoms with E-state index in [-0.39, 0.29) is 11.2 Å². The molecule has 4 heteroatoms. The first-order chi connectivity index (χ1) is 7.20. The monoisotopic (exact) mass is 293 g/mol. The van der Waals surface area contributed by atoms with Gasteiger partial charge in [-0.05, 0) is 31.4 Å². The minimum absolute atomic E-state index is 0.222. The second-order valence-electron chi connectivity index (χ2n) is 4.07. The Labute approximate surface area is 105 Å². The normalized spacial score (nSPS) is 23.5. The standard InChI is InChI=1S/C11H20BrNOS/c1-9(12)5-4-7-13-11(14)10-6-2-3-8-15-10/h9-10H,2-8H2,1H3,(H,13,14). The van der Waals surface area contributed by atoms with Crippen LogP contribution in [0.1, 0.15) is 39.0 Å². The van der Waals surface area contributed by atoms with Gasteiger partial charge in [0.2, 0.25) is 5.91 Å². The topological polar surface area (TPSA) is 29.1 Å². The van der Waals surface area contributed by atoms with E-state index in [0.717, 1.165) is 31.6 Å². The van der Waals surface area contributed by atoms with Gasteiger partial charge in [0.05, 0.1) is 5.25 Å². The lowest BCUT2D eigenvalue weighted by atomic mass is 10.2. The van der Waals surface area contributed by atoms with Gasteiger partial charge in [-0.1, -0.05) is 29.3 Å². The zero-order valence-electron chi connectivity index (χ0n) is 9.30. The van der Waals surface area contributed by atoms with Gasteiger partial charge in [0, 0.05) is 11.4 Å². The molecule has 1 aliphatic rings. The Bertz CT molecular complexity index is 193. The average molecular weight is 294 g/mol. The van der Waals surface area contributed by atoms with Crippen molar-refractivity contribution in [3.63, 3.8) is 0 Å². The van der Waals surface area contributed by atoms with Gasteiger partial charge in [-0.2, -0.15) is 0 Å². The molecule has 88 valence electrons. The number of halogens is 1. The molecule has 0 radical (unpaired) electrons. The molecule has 15 heavy (non-hydrogen) atoms. The van der Waals surface area contributed by atoms with Crippen LogP contribution in [0.15, 0.2) is 0 Å². The maximum Gasteiger partial charge on any atom is 0.233 e. The van der Waals surface area contributed by atoms with Crippen molar-refractivity contribution in [3.05, 3.63) is 0 Å². The van der Waals surface area contributed by atoms with E-state index in [0.29, 0.717) is 4.83 Å². The smallest absolute Gasteiger partial charge is 0.233 e. The van der Waals surface area contributed by atoms with Crippen LogP contribution in [0, 0.1) is 0 Å². The summed E-state index contributed by atoms with van der Waals surface area (Å²) in [6.07, 6.45) is 5.73. The van der Waals surface area contributed by atoms with Gasteiger partial charge >= 0.3 is 0 Å². The van der Waals surface area contributed by atoms with Crippen molar-refractivity contribution in [1.82, 2.24) is 5.32 Å². The van der Waals surface area contributed by atoms with Crippen molar-refractivity contribution in [2.24, 2.45) is 0 Å². The van der Waals surface area contributed by atoms with E-state index in [4.69, 9.17) is 0 Å². The number of hydrogen-bond donors (Lipinski definition) is 1. The zero-order chi connectivity index (χ0) is 11.1. The molecule has 0 bridgehead atoms. The van der Waals surface area contributed by atoms with Crippen molar-refractivity contribution in [1.29, 1.82) is 0 Å². The van der Waals surface area contributed by atoms with Gasteiger partial charge in [0.15, 0.2) is 0 Å². The van der Waals surface area contributed by atoms with Crippen LogP contribution < -0.4 is 5.32 Å². The maximum absolute atomic E-state index is 11.7. The predicted octanol–water partition coefficient (Wildman–Crippen LogP) is 2.95. The highest BCUT2D eigenvalue weighted by molar-refractivity contribution is 9.09. The molecule has 0 aromatic heterocycles. The van der Waals surface area contributed by atoms with E-state index in [1.807, 2.05) is 11.8 Å². The van der Waals surface area contributed by atoms with Crippen molar-refractivity contribution in [2.75, 3.05) is 12.3 Å². The van der Waals surface area contributed by atoms with Crippen molar-refractivity contribution in [2.45, 2.75) is 49.1 Å². The second-order valence-corrected chi connectivity index (χ2v) is 6.94. The van der Waals surface area contributed by atoms with Crippen LogP contribution in [0.5, 0.6) is 0 Å². The molecule has 0 saturated carbocycles. The molecule has 0 aromatic rings. The van der Waals surface area contributed by atoms with Crippen LogP contribution >= 0.6 is 27.7 Å². The molecule has 1 N–H and O–H groups in total. The zero-order valence-corrected chi connectivity index (χ0v) is 11.7. The fourth-order valence-electron chi connectivity index (χ4n) is 1.66. The third-order valence-corrected chi connectivity index (χ3v) is 4.38. The molecular weight excluding hydrogens is 274 g/mol. The lowest BCUT2D eigenvalue weighted by Crippen LogP contribution is -2.34. The SMILES string of the molecule is CC(Br)CCCNC(=O)C1CCCCS1. The van der Waals surface area contributed by atoms with Crippen LogP contribution in [-0.4, -0.2) is 28.3 Å². The molecule has 1 fully saturated rings. The molecule has 1 saturated heterocycles. The molecule has 2 unspecified atom stereocenters. The first kappa shape index (κ1) is 13.4. The Hall–Kier alpha value is 0.300. The summed E-state index contributed by atoms with van der Waals surface area (Å²) in [5.74, 6) is 1.40. The highest BCUT2D eigenvalue weighted by Crippen LogP contribution is 2.24. The van der Waals surface area contributed by atoms with E-state index < -0.39 is 0 Å². The molecular formula is C11H20BrNOS. The molecule has 1 rings (SSSR count). The van der Waals surface area contributed by atoms with E-state index in [1.165, 1.54) is 12.8 Å². The number of rotatable bonds is 5. The minimum Gasteiger partial charge on any atom is -0.355 e. The van der Waals surface area contributed by atoms with Crippen LogP contribution in [0.4, 0.5) is 0 Å². The summed E-state index contributed by atoms with van der Waals surface area (Å²) in [4.78, 5) is 12.3. The van der Waals surface area contributed by atoms with Crippen LogP contribution in [0.2, 0.25) is 0 Å². The van der Waals surface area contributed by atoms with E-state index >= 15 is 0 Å². The number of alkyl halides is 1. The third kappa shape index (κ3) is 5.81. The summed E-state index contributed by atoms with van der Waals surface area (Å²) in [5, 5.41) is 3.25. The first-order valence-corrected chi connectivity index (χ1v) is 7.70. The van der Waals surface area contributed by atoms with E-state index in [2.05, 4.69) is 28.2 Å². The van der Waals surface area contributed by atoms with Gasteiger partial charge in [0.1, 0.15) is 0 Å². The first-order valence-electron chi connectivity index (χ1n) is 5.73. The van der Waals surface area contributed by atoms with Crippen molar-refractivity contribution in [3.8, 4) is 0 Å². The van der Waals surface area contributed by atoms with Gasteiger partial charge in [-0.15, -0.1) is 11.8 Å². The number of nitrogens with one attached hydrogen (secondary N) is 1. The Kier molecular flexibility index (Phi) is 6.73. The largest absolute Gasteiger partial charge is 0.355 e. The van der Waals surface area contributed by atoms with Crippen LogP contribution in [0.25, 0.3) is 0 Å². The molecule has 2 atom stereocenters. The van der Waals surface area contributed by atoms with E-state index in [1.54, 1.807) is 0 Å². The Morgan fingerprint density at radius 2 is 2.40 bits per heavy atom. The predicted molar refractivity (Wildman–Crippen MR) is 70.7 cm³/mol. The van der Waals surface area contributed by atoms with Gasteiger partial charge < -0.3 is 5.32 Å². The second kappa shape index (κ2) is 7.55. The molecule has 1 aliphatic heterocycles. The molecule has 2 nitrogen and oxygen atoms in total. The minimum atomic E-state index is 0.222. The number of carbonyl (C=O) groups excluding carboxylic acids is 1. The van der Waals surface area contributed by atoms with Gasteiger partial charge in [0.25, 0.3) is 0 Å². The Morgan fingerprint density at radius 3 is 3.00 bits per heavy atom. The van der Waals surface area contributed by atoms with Crippen LogP contribution in [-0.2, 0) is 4.79 Å². The lowest BCUT2D eigenvalue weighted by molar-refractivity contribution is -0.120. The quantitative estimate of drug-likeness (QED) is 0.624. The fraction of sp³-hybridized carbons (Fsp3) is 0.909. The highest BCUT2D eigenvalue weighted by atomic mass is 79.9. The van der Waals surface area contributed by atoms with Crippen LogP contribution in [0.3, 0.4) is 0 Å². The molecule has 0 aliphatic carbocycles. The third-order valence-electron chi connectivity index (χ3n) is 2.55. The van der Waals surface area contributed by atoms with E-state index in [9.17, 15) is 4.79 Å². The fourth-order valence-corrected chi connectivity index (χ4v) is 3.20. The van der Waals surface area contributed by atoms with Gasteiger partial charge in [-0.3, -0.25) is 4.79 Å². The summed E-state index contributed by atoms with van der Waals surface area (Å²) in [6.45, 7) is 2.96.